The quantitative estimate of drug-likeness (QED) is 0.609. The normalized spacial score (nSPS) is 10.8. The Labute approximate surface area is 100 Å². The first-order valence-electron chi connectivity index (χ1n) is 5.72. The fourth-order valence-corrected chi connectivity index (χ4v) is 1.43. The number of aryl methyl sites for hydroxylation is 1. The molecule has 0 spiro atoms. The summed E-state index contributed by atoms with van der Waals surface area (Å²) in [5, 5.41) is 0. The molecule has 0 unspecified atom stereocenters. The van der Waals surface area contributed by atoms with E-state index in [2.05, 4.69) is 44.3 Å². The first-order valence-corrected chi connectivity index (χ1v) is 5.72. The van der Waals surface area contributed by atoms with Crippen LogP contribution in [0.3, 0.4) is 0 Å². The Balaban J connectivity index is 0.00000106. The van der Waals surface area contributed by atoms with Gasteiger partial charge in [0.25, 0.3) is 0 Å². The molecule has 1 aromatic rings. The molecule has 16 heavy (non-hydrogen) atoms. The monoisotopic (exact) mass is 214 g/mol. The molecule has 0 aliphatic carbocycles. The van der Waals surface area contributed by atoms with Gasteiger partial charge in [0.05, 0.1) is 0 Å². The number of hydrogen-bond donors (Lipinski definition) is 0. The molecule has 0 amide bonds. The maximum absolute atomic E-state index is 3.83. The van der Waals surface area contributed by atoms with E-state index in [1.807, 2.05) is 32.9 Å². The summed E-state index contributed by atoms with van der Waals surface area (Å²) in [5.41, 5.74) is 4.78. The fraction of sp³-hybridized carbons (Fsp3) is 0.250. The molecule has 0 heteroatoms. The van der Waals surface area contributed by atoms with Crippen LogP contribution < -0.4 is 0 Å². The zero-order valence-electron chi connectivity index (χ0n) is 10.9. The lowest BCUT2D eigenvalue weighted by molar-refractivity contribution is 1.43. The van der Waals surface area contributed by atoms with Gasteiger partial charge in [0.15, 0.2) is 0 Å². The highest BCUT2D eigenvalue weighted by molar-refractivity contribution is 5.77. The van der Waals surface area contributed by atoms with Crippen LogP contribution in [0.1, 0.15) is 31.9 Å². The SMILES string of the molecule is C=C/C(C)=C(\C=C)c1cccc(C)c1.CC. The predicted octanol–water partition coefficient (Wildman–Crippen LogP) is 5.17. The molecule has 0 aliphatic rings. The lowest BCUT2D eigenvalue weighted by Gasteiger charge is -2.06. The zero-order valence-corrected chi connectivity index (χ0v) is 10.9. The molecular weight excluding hydrogens is 192 g/mol. The van der Waals surface area contributed by atoms with Crippen molar-refractivity contribution in [1.82, 2.24) is 0 Å². The number of hydrogen-bond acceptors (Lipinski definition) is 0. The van der Waals surface area contributed by atoms with Crippen LogP contribution in [0.4, 0.5) is 0 Å². The number of benzene rings is 1. The van der Waals surface area contributed by atoms with Gasteiger partial charge < -0.3 is 0 Å². The van der Waals surface area contributed by atoms with E-state index >= 15 is 0 Å². The Morgan fingerprint density at radius 2 is 1.75 bits per heavy atom. The van der Waals surface area contributed by atoms with Crippen LogP contribution in [0.5, 0.6) is 0 Å². The van der Waals surface area contributed by atoms with Crippen LogP contribution in [0, 0.1) is 6.92 Å². The first-order chi connectivity index (χ1) is 7.69. The van der Waals surface area contributed by atoms with Crippen molar-refractivity contribution in [2.75, 3.05) is 0 Å². The standard InChI is InChI=1S/C14H16.C2H6/c1-5-12(4)14(6-2)13-9-7-8-11(3)10-13;1-2/h5-10H,1-2H2,3-4H3;1-2H3/b14-12+;. The van der Waals surface area contributed by atoms with E-state index < -0.39 is 0 Å². The van der Waals surface area contributed by atoms with Gasteiger partial charge in [0.2, 0.25) is 0 Å². The van der Waals surface area contributed by atoms with E-state index in [-0.39, 0.29) is 0 Å². The molecule has 0 saturated carbocycles. The summed E-state index contributed by atoms with van der Waals surface area (Å²) >= 11 is 0. The first kappa shape index (κ1) is 14.4. The third-order valence-electron chi connectivity index (χ3n) is 2.26. The van der Waals surface area contributed by atoms with E-state index in [4.69, 9.17) is 0 Å². The van der Waals surface area contributed by atoms with Gasteiger partial charge in [-0.25, -0.2) is 0 Å². The topological polar surface area (TPSA) is 0 Å². The third kappa shape index (κ3) is 3.90. The molecule has 0 fully saturated rings. The predicted molar refractivity (Wildman–Crippen MR) is 75.5 cm³/mol. The van der Waals surface area contributed by atoms with Gasteiger partial charge in [-0.15, -0.1) is 0 Å². The van der Waals surface area contributed by atoms with Crippen molar-refractivity contribution in [1.29, 1.82) is 0 Å². The molecule has 86 valence electrons. The summed E-state index contributed by atoms with van der Waals surface area (Å²) in [5.74, 6) is 0. The maximum atomic E-state index is 3.83. The molecule has 0 aromatic heterocycles. The maximum Gasteiger partial charge on any atom is -0.0161 e. The second-order valence-electron chi connectivity index (χ2n) is 3.37. The second kappa shape index (κ2) is 7.70. The van der Waals surface area contributed by atoms with Crippen LogP contribution in [0.2, 0.25) is 0 Å². The third-order valence-corrected chi connectivity index (χ3v) is 2.26. The van der Waals surface area contributed by atoms with Gasteiger partial charge in [-0.3, -0.25) is 0 Å². The highest BCUT2D eigenvalue weighted by atomic mass is 14.0. The largest absolute Gasteiger partial charge is 0.0988 e. The Hall–Kier alpha value is -1.56. The molecule has 0 N–H and O–H groups in total. The molecular formula is C16H22. The minimum Gasteiger partial charge on any atom is -0.0988 e. The van der Waals surface area contributed by atoms with Crippen LogP contribution in [0.15, 0.2) is 55.1 Å². The van der Waals surface area contributed by atoms with E-state index in [0.717, 1.165) is 11.1 Å². The molecule has 1 aromatic carbocycles. The molecule has 0 aliphatic heterocycles. The highest BCUT2D eigenvalue weighted by Gasteiger charge is 1.99. The van der Waals surface area contributed by atoms with Crippen LogP contribution >= 0.6 is 0 Å². The Morgan fingerprint density at radius 1 is 1.12 bits per heavy atom. The number of allylic oxidation sites excluding steroid dienone is 4. The van der Waals surface area contributed by atoms with Gasteiger partial charge in [-0.1, -0.05) is 69.0 Å². The van der Waals surface area contributed by atoms with Crippen LogP contribution in [-0.2, 0) is 0 Å². The van der Waals surface area contributed by atoms with Crippen molar-refractivity contribution in [3.8, 4) is 0 Å². The molecule has 0 atom stereocenters. The minimum atomic E-state index is 1.16. The van der Waals surface area contributed by atoms with Crippen molar-refractivity contribution in [2.45, 2.75) is 27.7 Å². The van der Waals surface area contributed by atoms with E-state index in [1.54, 1.807) is 0 Å². The van der Waals surface area contributed by atoms with Crippen molar-refractivity contribution in [3.63, 3.8) is 0 Å². The summed E-state index contributed by atoms with van der Waals surface area (Å²) in [6, 6.07) is 8.40. The van der Waals surface area contributed by atoms with Crippen LogP contribution in [-0.4, -0.2) is 0 Å². The Morgan fingerprint density at radius 3 is 2.19 bits per heavy atom. The smallest absolute Gasteiger partial charge is 0.0161 e. The molecule has 1 rings (SSSR count). The van der Waals surface area contributed by atoms with Gasteiger partial charge in [-0.2, -0.15) is 0 Å². The van der Waals surface area contributed by atoms with Crippen molar-refractivity contribution < 1.29 is 0 Å². The van der Waals surface area contributed by atoms with E-state index in [1.165, 1.54) is 11.1 Å². The molecule has 0 heterocycles. The van der Waals surface area contributed by atoms with Gasteiger partial charge in [0.1, 0.15) is 0 Å². The fourth-order valence-electron chi connectivity index (χ4n) is 1.43. The van der Waals surface area contributed by atoms with Gasteiger partial charge >= 0.3 is 0 Å². The average molecular weight is 214 g/mol. The lowest BCUT2D eigenvalue weighted by atomic mass is 9.99. The van der Waals surface area contributed by atoms with E-state index in [0.29, 0.717) is 0 Å². The summed E-state index contributed by atoms with van der Waals surface area (Å²) in [6.07, 6.45) is 3.74. The molecule has 0 radical (unpaired) electrons. The van der Waals surface area contributed by atoms with Crippen LogP contribution in [0.25, 0.3) is 5.57 Å². The summed E-state index contributed by atoms with van der Waals surface area (Å²) < 4.78 is 0. The van der Waals surface area contributed by atoms with E-state index in [9.17, 15) is 0 Å². The Kier molecular flexibility index (Phi) is 6.95. The summed E-state index contributed by atoms with van der Waals surface area (Å²) in [6.45, 7) is 15.7. The van der Waals surface area contributed by atoms with Crippen molar-refractivity contribution in [3.05, 3.63) is 66.3 Å². The van der Waals surface area contributed by atoms with Crippen molar-refractivity contribution >= 4 is 5.57 Å². The van der Waals surface area contributed by atoms with Crippen molar-refractivity contribution in [2.24, 2.45) is 0 Å². The highest BCUT2D eigenvalue weighted by Crippen LogP contribution is 2.21. The molecule has 0 nitrogen and oxygen atoms in total. The lowest BCUT2D eigenvalue weighted by Crippen LogP contribution is -1.85. The second-order valence-corrected chi connectivity index (χ2v) is 3.37. The molecule has 0 bridgehead atoms. The molecule has 0 saturated heterocycles. The minimum absolute atomic E-state index is 1.16. The van der Waals surface area contributed by atoms with Gasteiger partial charge in [0, 0.05) is 0 Å². The zero-order chi connectivity index (χ0) is 12.6. The average Bonchev–Trinajstić information content (AvgIpc) is 2.32. The number of rotatable bonds is 3. The summed E-state index contributed by atoms with van der Waals surface area (Å²) in [4.78, 5) is 0. The Bertz CT molecular complexity index is 381. The van der Waals surface area contributed by atoms with Gasteiger partial charge in [-0.05, 0) is 30.6 Å². The summed E-state index contributed by atoms with van der Waals surface area (Å²) in [7, 11) is 0.